The molecular formula is C21H19Cl3N4OS2. The van der Waals surface area contributed by atoms with Crippen LogP contribution < -0.4 is 16.0 Å². The minimum atomic E-state index is -1.87. The molecule has 1 amide bonds. The summed E-state index contributed by atoms with van der Waals surface area (Å²) < 4.78 is -1.87. The quantitative estimate of drug-likeness (QED) is 0.219. The number of carbonyl (C=O) groups is 1. The molecule has 0 radical (unpaired) electrons. The molecule has 0 fully saturated rings. The van der Waals surface area contributed by atoms with E-state index in [9.17, 15) is 10.1 Å². The number of hydrogen-bond acceptors (Lipinski definition) is 4. The van der Waals surface area contributed by atoms with E-state index in [1.807, 2.05) is 30.3 Å². The number of carbonyl (C=O) groups excluding carboxylic acids is 1. The first-order chi connectivity index (χ1) is 14.8. The molecule has 1 aliphatic carbocycles. The summed E-state index contributed by atoms with van der Waals surface area (Å²) in [5.74, 6) is -0.459. The first-order valence-electron chi connectivity index (χ1n) is 9.50. The second kappa shape index (κ2) is 10.7. The van der Waals surface area contributed by atoms with Gasteiger partial charge in [-0.1, -0.05) is 65.1 Å². The van der Waals surface area contributed by atoms with E-state index in [0.717, 1.165) is 36.8 Å². The van der Waals surface area contributed by atoms with Gasteiger partial charge >= 0.3 is 0 Å². The third kappa shape index (κ3) is 6.58. The molecule has 5 nitrogen and oxygen atoms in total. The largest absolute Gasteiger partial charge is 0.339 e. The molecule has 0 aliphatic heterocycles. The fourth-order valence-electron chi connectivity index (χ4n) is 3.17. The number of halogens is 3. The van der Waals surface area contributed by atoms with Crippen molar-refractivity contribution in [1.82, 2.24) is 10.6 Å². The van der Waals surface area contributed by atoms with Gasteiger partial charge < -0.3 is 16.0 Å². The molecule has 3 rings (SSSR count). The topological polar surface area (TPSA) is 77.0 Å². The van der Waals surface area contributed by atoms with Crippen LogP contribution in [-0.2, 0) is 17.6 Å². The van der Waals surface area contributed by atoms with Gasteiger partial charge in [0.15, 0.2) is 5.11 Å². The van der Waals surface area contributed by atoms with Crippen LogP contribution in [0.25, 0.3) is 6.08 Å². The van der Waals surface area contributed by atoms with E-state index in [4.69, 9.17) is 47.0 Å². The van der Waals surface area contributed by atoms with Crippen LogP contribution in [0, 0.1) is 11.3 Å². The maximum Gasteiger partial charge on any atom is 0.245 e. The van der Waals surface area contributed by atoms with Crippen molar-refractivity contribution in [2.45, 2.75) is 35.6 Å². The Kier molecular flexibility index (Phi) is 8.20. The summed E-state index contributed by atoms with van der Waals surface area (Å²) in [5.41, 5.74) is 2.55. The number of thiocarbonyl (C=S) groups is 1. The number of nitriles is 1. The minimum Gasteiger partial charge on any atom is -0.339 e. The van der Waals surface area contributed by atoms with E-state index in [-0.39, 0.29) is 5.11 Å². The lowest BCUT2D eigenvalue weighted by molar-refractivity contribution is -0.117. The molecule has 1 atom stereocenters. The Bertz CT molecular complexity index is 1030. The zero-order chi connectivity index (χ0) is 22.4. The molecule has 1 unspecified atom stereocenters. The van der Waals surface area contributed by atoms with Gasteiger partial charge in [0.05, 0.1) is 5.56 Å². The van der Waals surface area contributed by atoms with Gasteiger partial charge in [-0.3, -0.25) is 4.79 Å². The first kappa shape index (κ1) is 23.8. The smallest absolute Gasteiger partial charge is 0.245 e. The maximum atomic E-state index is 12.3. The third-order valence-electron chi connectivity index (χ3n) is 4.63. The number of hydrogen-bond donors (Lipinski definition) is 3. The molecule has 1 aliphatic rings. The lowest BCUT2D eigenvalue weighted by Gasteiger charge is -2.27. The predicted octanol–water partition coefficient (Wildman–Crippen LogP) is 5.31. The van der Waals surface area contributed by atoms with Gasteiger partial charge in [0.1, 0.15) is 17.2 Å². The molecular weight excluding hydrogens is 495 g/mol. The molecule has 0 saturated heterocycles. The van der Waals surface area contributed by atoms with Crippen LogP contribution in [0.3, 0.4) is 0 Å². The number of nitrogens with one attached hydrogen (secondary N) is 3. The number of alkyl halides is 3. The molecule has 10 heteroatoms. The summed E-state index contributed by atoms with van der Waals surface area (Å²) in [7, 11) is 0. The van der Waals surface area contributed by atoms with Crippen LogP contribution >= 0.6 is 58.4 Å². The highest BCUT2D eigenvalue weighted by atomic mass is 35.6. The third-order valence-corrected chi connectivity index (χ3v) is 6.71. The number of nitrogens with zero attached hydrogens (tertiary/aromatic N) is 1. The van der Waals surface area contributed by atoms with E-state index in [1.54, 1.807) is 6.08 Å². The van der Waals surface area contributed by atoms with E-state index in [1.165, 1.54) is 22.3 Å². The van der Waals surface area contributed by atoms with Crippen molar-refractivity contribution in [2.75, 3.05) is 5.32 Å². The van der Waals surface area contributed by atoms with E-state index < -0.39 is 15.9 Å². The van der Waals surface area contributed by atoms with Crippen molar-refractivity contribution < 1.29 is 4.79 Å². The zero-order valence-corrected chi connectivity index (χ0v) is 20.2. The van der Waals surface area contributed by atoms with Crippen LogP contribution in [0.4, 0.5) is 5.00 Å². The standard InChI is InChI=1S/C21H19Cl3N4OS2/c22-21(23,24)19(26-17(29)11-10-13-6-2-1-3-7-13)28-20(30)27-18-15(12-25)14-8-4-5-9-16(14)31-18/h1-3,6-7,10-11,19H,4-5,8-9H2,(H,26,29)(H2,27,28,30)/b11-10+. The van der Waals surface area contributed by atoms with Crippen molar-refractivity contribution in [3.8, 4) is 6.07 Å². The van der Waals surface area contributed by atoms with Crippen molar-refractivity contribution in [3.63, 3.8) is 0 Å². The van der Waals surface area contributed by atoms with Gasteiger partial charge in [0, 0.05) is 11.0 Å². The molecule has 0 saturated carbocycles. The summed E-state index contributed by atoms with van der Waals surface area (Å²) in [4.78, 5) is 13.5. The van der Waals surface area contributed by atoms with Crippen LogP contribution in [0.15, 0.2) is 36.4 Å². The molecule has 162 valence electrons. The number of fused-ring (bicyclic) bond motifs is 1. The lowest BCUT2D eigenvalue weighted by atomic mass is 9.96. The SMILES string of the molecule is N#Cc1c(NC(=S)NC(NC(=O)/C=C/c2ccccc2)C(Cl)(Cl)Cl)sc2c1CCCC2. The van der Waals surface area contributed by atoms with Crippen LogP contribution in [0.5, 0.6) is 0 Å². The first-order valence-corrected chi connectivity index (χ1v) is 11.9. The number of benzene rings is 1. The fraction of sp³-hybridized carbons (Fsp3) is 0.286. The Morgan fingerprint density at radius 3 is 2.58 bits per heavy atom. The predicted molar refractivity (Wildman–Crippen MR) is 133 cm³/mol. The normalized spacial score (nSPS) is 14.4. The fourth-order valence-corrected chi connectivity index (χ4v) is 5.02. The average molecular weight is 514 g/mol. The summed E-state index contributed by atoms with van der Waals surface area (Å²) in [6, 6.07) is 11.6. The Hall–Kier alpha value is -1.82. The molecule has 31 heavy (non-hydrogen) atoms. The average Bonchev–Trinajstić information content (AvgIpc) is 3.08. The highest BCUT2D eigenvalue weighted by Gasteiger charge is 2.34. The van der Waals surface area contributed by atoms with Gasteiger partial charge in [0.25, 0.3) is 0 Å². The Labute approximate surface area is 205 Å². The van der Waals surface area contributed by atoms with Crippen molar-refractivity contribution in [1.29, 1.82) is 5.26 Å². The lowest BCUT2D eigenvalue weighted by Crippen LogP contribution is -2.55. The Balaban J connectivity index is 1.67. The molecule has 3 N–H and O–H groups in total. The summed E-state index contributed by atoms with van der Waals surface area (Å²) >= 11 is 25.0. The number of rotatable bonds is 5. The second-order valence-corrected chi connectivity index (χ2v) is 10.7. The van der Waals surface area contributed by atoms with Crippen LogP contribution in [0.2, 0.25) is 0 Å². The Morgan fingerprint density at radius 1 is 1.19 bits per heavy atom. The van der Waals surface area contributed by atoms with E-state index in [2.05, 4.69) is 22.0 Å². The monoisotopic (exact) mass is 512 g/mol. The highest BCUT2D eigenvalue weighted by Crippen LogP contribution is 2.37. The number of aryl methyl sites for hydroxylation is 1. The van der Waals surface area contributed by atoms with Crippen LogP contribution in [-0.4, -0.2) is 21.0 Å². The molecule has 0 spiro atoms. The molecule has 1 aromatic heterocycles. The summed E-state index contributed by atoms with van der Waals surface area (Å²) in [6.07, 6.45) is 5.92. The molecule has 0 bridgehead atoms. The second-order valence-electron chi connectivity index (χ2n) is 6.85. The van der Waals surface area contributed by atoms with E-state index >= 15 is 0 Å². The van der Waals surface area contributed by atoms with Crippen molar-refractivity contribution >= 4 is 80.5 Å². The molecule has 2 aromatic rings. The van der Waals surface area contributed by atoms with Gasteiger partial charge in [-0.05, 0) is 55.1 Å². The van der Waals surface area contributed by atoms with E-state index in [0.29, 0.717) is 10.6 Å². The van der Waals surface area contributed by atoms with Gasteiger partial charge in [0.2, 0.25) is 9.70 Å². The molecule has 1 aromatic carbocycles. The van der Waals surface area contributed by atoms with Crippen molar-refractivity contribution in [3.05, 3.63) is 58.0 Å². The maximum absolute atomic E-state index is 12.3. The zero-order valence-electron chi connectivity index (χ0n) is 16.3. The molecule has 1 heterocycles. The van der Waals surface area contributed by atoms with Gasteiger partial charge in [-0.25, -0.2) is 0 Å². The minimum absolute atomic E-state index is 0.138. The number of anilines is 1. The van der Waals surface area contributed by atoms with Gasteiger partial charge in [-0.15, -0.1) is 11.3 Å². The summed E-state index contributed by atoms with van der Waals surface area (Å²) in [6.45, 7) is 0. The number of thiophene rings is 1. The Morgan fingerprint density at radius 2 is 1.90 bits per heavy atom. The van der Waals surface area contributed by atoms with Crippen LogP contribution in [0.1, 0.15) is 34.4 Å². The van der Waals surface area contributed by atoms with Crippen molar-refractivity contribution in [2.24, 2.45) is 0 Å². The number of amides is 1. The van der Waals surface area contributed by atoms with Gasteiger partial charge in [-0.2, -0.15) is 5.26 Å². The summed E-state index contributed by atoms with van der Waals surface area (Å²) in [5, 5.41) is 18.8. The highest BCUT2D eigenvalue weighted by molar-refractivity contribution is 7.80.